The SMILES string of the molecule is Cc1ccc2c(c1)c(=O)n(C)c1c2c(C(C)Nc2ccc(Cl)nc2-c2ncn(C)n2)nn1C1CCCNC1. The molecule has 1 aliphatic heterocycles. The quantitative estimate of drug-likeness (QED) is 0.328. The van der Waals surface area contributed by atoms with Crippen LogP contribution in [-0.2, 0) is 14.1 Å². The van der Waals surface area contributed by atoms with Crippen LogP contribution in [0.4, 0.5) is 5.69 Å². The molecule has 0 amide bonds. The standard InChI is InChI=1S/C27H30ClN9O/c1-15-7-8-18-19(12-15)27(38)36(4)26-22(18)23(33-37(26)17-6-5-11-29-13-17)16(2)31-20-9-10-21(28)32-24(20)25-30-14-35(3)34-25/h7-10,12,14,16-17,29,31H,5-6,11,13H2,1-4H3. The minimum absolute atomic E-state index is 0.0151. The van der Waals surface area contributed by atoms with E-state index >= 15 is 0 Å². The monoisotopic (exact) mass is 531 g/mol. The van der Waals surface area contributed by atoms with Gasteiger partial charge in [0.25, 0.3) is 5.56 Å². The van der Waals surface area contributed by atoms with Crippen molar-refractivity contribution in [3.8, 4) is 11.5 Å². The van der Waals surface area contributed by atoms with E-state index in [0.29, 0.717) is 22.1 Å². The molecule has 0 bridgehead atoms. The van der Waals surface area contributed by atoms with Gasteiger partial charge in [-0.3, -0.25) is 14.0 Å². The highest BCUT2D eigenvalue weighted by Crippen LogP contribution is 2.35. The van der Waals surface area contributed by atoms with E-state index in [-0.39, 0.29) is 17.6 Å². The molecule has 2 unspecified atom stereocenters. The predicted molar refractivity (Wildman–Crippen MR) is 150 cm³/mol. The summed E-state index contributed by atoms with van der Waals surface area (Å²) in [6.07, 6.45) is 3.70. The second-order valence-corrected chi connectivity index (χ2v) is 10.5. The highest BCUT2D eigenvalue weighted by molar-refractivity contribution is 6.29. The molecule has 1 fully saturated rings. The number of fused-ring (bicyclic) bond motifs is 3. The lowest BCUT2D eigenvalue weighted by Crippen LogP contribution is -2.33. The molecule has 2 atom stereocenters. The molecule has 5 aromatic rings. The van der Waals surface area contributed by atoms with Crippen LogP contribution in [0.15, 0.2) is 41.5 Å². The third kappa shape index (κ3) is 4.13. The molecule has 1 saturated heterocycles. The van der Waals surface area contributed by atoms with Gasteiger partial charge in [0.1, 0.15) is 22.8 Å². The Balaban J connectivity index is 1.54. The Hall–Kier alpha value is -3.76. The summed E-state index contributed by atoms with van der Waals surface area (Å²) in [5, 5.41) is 19.6. The third-order valence-corrected chi connectivity index (χ3v) is 7.49. The van der Waals surface area contributed by atoms with Crippen molar-refractivity contribution in [1.82, 2.24) is 39.4 Å². The maximum absolute atomic E-state index is 13.5. The van der Waals surface area contributed by atoms with Gasteiger partial charge in [0.05, 0.1) is 28.9 Å². The Bertz CT molecular complexity index is 1730. The summed E-state index contributed by atoms with van der Waals surface area (Å²) in [5.41, 5.74) is 4.05. The zero-order valence-electron chi connectivity index (χ0n) is 21.9. The van der Waals surface area contributed by atoms with Crippen LogP contribution in [0.2, 0.25) is 5.15 Å². The van der Waals surface area contributed by atoms with Gasteiger partial charge in [0, 0.05) is 31.4 Å². The van der Waals surface area contributed by atoms with E-state index in [1.807, 2.05) is 39.2 Å². The number of aryl methyl sites for hydroxylation is 3. The molecule has 0 radical (unpaired) electrons. The first-order valence-corrected chi connectivity index (χ1v) is 13.2. The maximum Gasteiger partial charge on any atom is 0.259 e. The summed E-state index contributed by atoms with van der Waals surface area (Å²) in [7, 11) is 3.66. The number of hydrogen-bond acceptors (Lipinski definition) is 7. The molecule has 196 valence electrons. The normalized spacial score (nSPS) is 16.8. The van der Waals surface area contributed by atoms with Crippen LogP contribution in [0, 0.1) is 6.92 Å². The Morgan fingerprint density at radius 1 is 1.16 bits per heavy atom. The molecular formula is C27H30ClN9O. The zero-order valence-corrected chi connectivity index (χ0v) is 22.6. The first-order chi connectivity index (χ1) is 18.3. The van der Waals surface area contributed by atoms with E-state index < -0.39 is 0 Å². The largest absolute Gasteiger partial charge is 0.375 e. The van der Waals surface area contributed by atoms with Crippen molar-refractivity contribution in [3.05, 3.63) is 63.4 Å². The van der Waals surface area contributed by atoms with Crippen LogP contribution < -0.4 is 16.2 Å². The predicted octanol–water partition coefficient (Wildman–Crippen LogP) is 4.14. The lowest BCUT2D eigenvalue weighted by Gasteiger charge is -2.24. The van der Waals surface area contributed by atoms with Crippen LogP contribution >= 0.6 is 11.6 Å². The van der Waals surface area contributed by atoms with Gasteiger partial charge in [-0.1, -0.05) is 29.3 Å². The van der Waals surface area contributed by atoms with Crippen molar-refractivity contribution in [3.63, 3.8) is 0 Å². The topological polar surface area (TPSA) is 107 Å². The van der Waals surface area contributed by atoms with E-state index in [1.54, 1.807) is 21.6 Å². The molecule has 0 spiro atoms. The minimum Gasteiger partial charge on any atom is -0.375 e. The fraction of sp³-hybridized carbons (Fsp3) is 0.370. The third-order valence-electron chi connectivity index (χ3n) is 7.28. The average molecular weight is 532 g/mol. The number of benzene rings is 1. The summed E-state index contributed by atoms with van der Waals surface area (Å²) in [4.78, 5) is 22.4. The van der Waals surface area contributed by atoms with Crippen molar-refractivity contribution >= 4 is 39.1 Å². The number of halogens is 1. The average Bonchev–Trinajstić information content (AvgIpc) is 3.53. The summed E-state index contributed by atoms with van der Waals surface area (Å²) < 4.78 is 5.44. The van der Waals surface area contributed by atoms with Crippen molar-refractivity contribution in [1.29, 1.82) is 0 Å². The van der Waals surface area contributed by atoms with E-state index in [9.17, 15) is 4.79 Å². The van der Waals surface area contributed by atoms with E-state index in [1.165, 1.54) is 0 Å². The summed E-state index contributed by atoms with van der Waals surface area (Å²) in [6, 6.07) is 9.63. The van der Waals surface area contributed by atoms with Crippen LogP contribution in [0.25, 0.3) is 33.3 Å². The van der Waals surface area contributed by atoms with E-state index in [2.05, 4.69) is 43.4 Å². The molecule has 38 heavy (non-hydrogen) atoms. The molecule has 11 heteroatoms. The van der Waals surface area contributed by atoms with Crippen LogP contribution in [0.1, 0.15) is 43.1 Å². The Labute approximate surface area is 224 Å². The molecule has 10 nitrogen and oxygen atoms in total. The summed E-state index contributed by atoms with van der Waals surface area (Å²) in [5.74, 6) is 0.483. The molecule has 0 saturated carbocycles. The number of hydrogen-bond donors (Lipinski definition) is 2. The van der Waals surface area contributed by atoms with E-state index in [0.717, 1.165) is 59.3 Å². The Kier molecular flexibility index (Phi) is 6.16. The number of anilines is 1. The van der Waals surface area contributed by atoms with Gasteiger partial charge in [0.15, 0.2) is 0 Å². The molecule has 1 aliphatic rings. The van der Waals surface area contributed by atoms with Crippen LogP contribution in [0.3, 0.4) is 0 Å². The Morgan fingerprint density at radius 2 is 2.00 bits per heavy atom. The molecule has 6 rings (SSSR count). The van der Waals surface area contributed by atoms with Crippen LogP contribution in [-0.4, -0.2) is 47.2 Å². The second kappa shape index (κ2) is 9.52. The molecule has 4 aromatic heterocycles. The number of nitrogens with zero attached hydrogens (tertiary/aromatic N) is 7. The number of aromatic nitrogens is 7. The lowest BCUT2D eigenvalue weighted by atomic mass is 10.0. The highest BCUT2D eigenvalue weighted by atomic mass is 35.5. The molecule has 0 aliphatic carbocycles. The summed E-state index contributed by atoms with van der Waals surface area (Å²) >= 11 is 6.25. The van der Waals surface area contributed by atoms with Gasteiger partial charge >= 0.3 is 0 Å². The van der Waals surface area contributed by atoms with Crippen molar-refractivity contribution in [2.75, 3.05) is 18.4 Å². The smallest absolute Gasteiger partial charge is 0.259 e. The number of pyridine rings is 2. The summed E-state index contributed by atoms with van der Waals surface area (Å²) in [6.45, 7) is 5.89. The number of rotatable bonds is 5. The maximum atomic E-state index is 13.5. The highest BCUT2D eigenvalue weighted by Gasteiger charge is 2.27. The van der Waals surface area contributed by atoms with Crippen LogP contribution in [0.5, 0.6) is 0 Å². The van der Waals surface area contributed by atoms with Gasteiger partial charge < -0.3 is 10.6 Å². The lowest BCUT2D eigenvalue weighted by molar-refractivity contribution is 0.349. The van der Waals surface area contributed by atoms with E-state index in [4.69, 9.17) is 16.7 Å². The van der Waals surface area contributed by atoms with Gasteiger partial charge in [0.2, 0.25) is 5.82 Å². The molecule has 1 aromatic carbocycles. The van der Waals surface area contributed by atoms with Gasteiger partial charge in [-0.15, -0.1) is 5.10 Å². The van der Waals surface area contributed by atoms with Crippen molar-refractivity contribution in [2.45, 2.75) is 38.8 Å². The number of piperidine rings is 1. The van der Waals surface area contributed by atoms with Crippen molar-refractivity contribution < 1.29 is 0 Å². The molecule has 2 N–H and O–H groups in total. The minimum atomic E-state index is -0.220. The second-order valence-electron chi connectivity index (χ2n) is 10.1. The molecular weight excluding hydrogens is 502 g/mol. The van der Waals surface area contributed by atoms with Gasteiger partial charge in [-0.2, -0.15) is 5.10 Å². The number of nitrogens with one attached hydrogen (secondary N) is 2. The Morgan fingerprint density at radius 3 is 2.74 bits per heavy atom. The van der Waals surface area contributed by atoms with Gasteiger partial charge in [-0.25, -0.2) is 14.6 Å². The molecule has 5 heterocycles. The van der Waals surface area contributed by atoms with Gasteiger partial charge in [-0.05, 0) is 51.4 Å². The first-order valence-electron chi connectivity index (χ1n) is 12.8. The fourth-order valence-corrected chi connectivity index (χ4v) is 5.57. The zero-order chi connectivity index (χ0) is 26.6. The van der Waals surface area contributed by atoms with Crippen molar-refractivity contribution in [2.24, 2.45) is 14.1 Å². The first kappa shape index (κ1) is 24.6. The fourth-order valence-electron chi connectivity index (χ4n) is 5.42.